The van der Waals surface area contributed by atoms with E-state index in [1.165, 1.54) is 0 Å². The third-order valence-corrected chi connectivity index (χ3v) is 4.18. The molecule has 0 unspecified atom stereocenters. The first-order chi connectivity index (χ1) is 9.27. The van der Waals surface area contributed by atoms with Crippen molar-refractivity contribution in [1.82, 2.24) is 4.98 Å². The van der Waals surface area contributed by atoms with Crippen LogP contribution in [0.2, 0.25) is 0 Å². The second-order valence-electron chi connectivity index (χ2n) is 6.19. The maximum Gasteiger partial charge on any atom is 0.491 e. The lowest BCUT2D eigenvalue weighted by atomic mass is 9.77. The Kier molecular flexibility index (Phi) is 4.05. The molecular formula is C15H23BN2O2. The zero-order valence-electron chi connectivity index (χ0n) is 12.9. The van der Waals surface area contributed by atoms with Gasteiger partial charge in [0.15, 0.2) is 0 Å². The Bertz CT molecular complexity index is 510. The fourth-order valence-electron chi connectivity index (χ4n) is 2.07. The van der Waals surface area contributed by atoms with Crippen molar-refractivity contribution in [3.05, 3.63) is 35.1 Å². The Morgan fingerprint density at radius 3 is 2.40 bits per heavy atom. The van der Waals surface area contributed by atoms with Gasteiger partial charge >= 0.3 is 7.12 Å². The van der Waals surface area contributed by atoms with E-state index in [9.17, 15) is 0 Å². The van der Waals surface area contributed by atoms with Crippen molar-refractivity contribution in [3.63, 3.8) is 0 Å². The third-order valence-electron chi connectivity index (χ3n) is 4.18. The number of rotatable bonds is 3. The summed E-state index contributed by atoms with van der Waals surface area (Å²) in [5.41, 5.74) is 8.12. The molecule has 1 saturated heterocycles. The smallest absolute Gasteiger partial charge is 0.400 e. The maximum atomic E-state index is 6.04. The normalized spacial score (nSPS) is 21.3. The molecule has 108 valence electrons. The number of hydrogen-bond acceptors (Lipinski definition) is 4. The summed E-state index contributed by atoms with van der Waals surface area (Å²) in [5.74, 6) is 0. The molecule has 0 aliphatic carbocycles. The highest BCUT2D eigenvalue weighted by atomic mass is 16.7. The van der Waals surface area contributed by atoms with E-state index in [-0.39, 0.29) is 11.2 Å². The van der Waals surface area contributed by atoms with E-state index in [1.807, 2.05) is 52.8 Å². The van der Waals surface area contributed by atoms with Gasteiger partial charge in [0.05, 0.1) is 11.2 Å². The van der Waals surface area contributed by atoms with E-state index in [2.05, 4.69) is 4.98 Å². The molecule has 0 amide bonds. The lowest BCUT2D eigenvalue weighted by Gasteiger charge is -2.32. The minimum absolute atomic E-state index is 0.351. The molecule has 5 heteroatoms. The highest BCUT2D eigenvalue weighted by Crippen LogP contribution is 2.38. The molecule has 2 rings (SSSR count). The van der Waals surface area contributed by atoms with Crippen LogP contribution in [0.1, 0.15) is 39.0 Å². The standard InChI is InChI=1S/C15H23BN2O2/c1-11-12(7-6-8-18-11)9-13(10-17)16-19-14(2,3)15(4,5)20-16/h6-9H,10,17H2,1-5H3. The number of hydrogen-bond donors (Lipinski definition) is 1. The van der Waals surface area contributed by atoms with E-state index in [1.54, 1.807) is 6.20 Å². The summed E-state index contributed by atoms with van der Waals surface area (Å²) in [6, 6.07) is 3.93. The van der Waals surface area contributed by atoms with Crippen LogP contribution in [0.3, 0.4) is 0 Å². The summed E-state index contributed by atoms with van der Waals surface area (Å²) in [6.45, 7) is 10.5. The summed E-state index contributed by atoms with van der Waals surface area (Å²) >= 11 is 0. The van der Waals surface area contributed by atoms with Crippen LogP contribution in [0.4, 0.5) is 0 Å². The average molecular weight is 274 g/mol. The van der Waals surface area contributed by atoms with Crippen molar-refractivity contribution in [1.29, 1.82) is 0 Å². The van der Waals surface area contributed by atoms with Gasteiger partial charge in [0.1, 0.15) is 0 Å². The van der Waals surface area contributed by atoms with Crippen LogP contribution < -0.4 is 5.73 Å². The molecule has 1 aliphatic heterocycles. The summed E-state index contributed by atoms with van der Waals surface area (Å²) in [5, 5.41) is 0. The monoisotopic (exact) mass is 274 g/mol. The third kappa shape index (κ3) is 2.80. The molecule has 4 nitrogen and oxygen atoms in total. The highest BCUT2D eigenvalue weighted by Gasteiger charge is 2.52. The molecule has 1 aliphatic rings. The van der Waals surface area contributed by atoms with Crippen LogP contribution in [0.5, 0.6) is 0 Å². The van der Waals surface area contributed by atoms with Gasteiger partial charge in [0.25, 0.3) is 0 Å². The molecule has 0 bridgehead atoms. The number of aromatic nitrogens is 1. The minimum atomic E-state index is -0.399. The average Bonchev–Trinajstić information content (AvgIpc) is 2.57. The summed E-state index contributed by atoms with van der Waals surface area (Å²) < 4.78 is 12.1. The van der Waals surface area contributed by atoms with E-state index < -0.39 is 7.12 Å². The zero-order chi connectivity index (χ0) is 15.0. The Morgan fingerprint density at radius 2 is 1.90 bits per heavy atom. The lowest BCUT2D eigenvalue weighted by molar-refractivity contribution is 0.00578. The molecule has 1 aromatic heterocycles. The van der Waals surface area contributed by atoms with Gasteiger partial charge in [0.2, 0.25) is 0 Å². The van der Waals surface area contributed by atoms with Crippen LogP contribution in [0.25, 0.3) is 6.08 Å². The van der Waals surface area contributed by atoms with Gasteiger partial charge in [-0.2, -0.15) is 0 Å². The Hall–Kier alpha value is -1.17. The van der Waals surface area contributed by atoms with Crippen molar-refractivity contribution in [3.8, 4) is 0 Å². The van der Waals surface area contributed by atoms with Crippen LogP contribution in [-0.4, -0.2) is 29.8 Å². The number of nitrogens with zero attached hydrogens (tertiary/aromatic N) is 1. The Labute approximate surface area is 121 Å². The predicted octanol–water partition coefficient (Wildman–Crippen LogP) is 2.36. The molecule has 2 heterocycles. The topological polar surface area (TPSA) is 57.4 Å². The lowest BCUT2D eigenvalue weighted by Crippen LogP contribution is -2.41. The summed E-state index contributed by atoms with van der Waals surface area (Å²) in [7, 11) is -0.399. The molecule has 2 N–H and O–H groups in total. The Morgan fingerprint density at radius 1 is 1.30 bits per heavy atom. The summed E-state index contributed by atoms with van der Waals surface area (Å²) in [6.07, 6.45) is 3.80. The molecule has 1 fully saturated rings. The molecule has 0 aromatic carbocycles. The van der Waals surface area contributed by atoms with Crippen LogP contribution >= 0.6 is 0 Å². The maximum absolute atomic E-state index is 6.04. The molecule has 20 heavy (non-hydrogen) atoms. The SMILES string of the molecule is Cc1ncccc1C=C(CN)B1OC(C)(C)C(C)(C)O1. The van der Waals surface area contributed by atoms with Gasteiger partial charge in [-0.25, -0.2) is 0 Å². The van der Waals surface area contributed by atoms with Gasteiger partial charge in [-0.05, 0) is 51.7 Å². The molecule has 1 aromatic rings. The second kappa shape index (κ2) is 5.32. The second-order valence-corrected chi connectivity index (χ2v) is 6.19. The minimum Gasteiger partial charge on any atom is -0.400 e. The van der Waals surface area contributed by atoms with E-state index in [0.717, 1.165) is 16.7 Å². The number of nitrogens with two attached hydrogens (primary N) is 1. The molecule has 0 saturated carbocycles. The molecule has 0 atom stereocenters. The van der Waals surface area contributed by atoms with E-state index in [0.29, 0.717) is 6.54 Å². The van der Waals surface area contributed by atoms with Gasteiger partial charge in [0, 0.05) is 18.4 Å². The van der Waals surface area contributed by atoms with Crippen molar-refractivity contribution >= 4 is 13.2 Å². The molecule has 0 radical (unpaired) electrons. The van der Waals surface area contributed by atoms with Gasteiger partial charge < -0.3 is 15.0 Å². The number of aryl methyl sites for hydroxylation is 1. The molecule has 0 spiro atoms. The first-order valence-corrected chi connectivity index (χ1v) is 6.94. The van der Waals surface area contributed by atoms with Gasteiger partial charge in [-0.15, -0.1) is 0 Å². The summed E-state index contributed by atoms with van der Waals surface area (Å²) in [4.78, 5) is 4.28. The largest absolute Gasteiger partial charge is 0.491 e. The van der Waals surface area contributed by atoms with E-state index in [4.69, 9.17) is 15.0 Å². The van der Waals surface area contributed by atoms with Gasteiger partial charge in [-0.1, -0.05) is 12.1 Å². The highest BCUT2D eigenvalue weighted by molar-refractivity contribution is 6.55. The van der Waals surface area contributed by atoms with Crippen molar-refractivity contribution in [2.24, 2.45) is 5.73 Å². The zero-order valence-corrected chi connectivity index (χ0v) is 12.9. The van der Waals surface area contributed by atoms with Crippen molar-refractivity contribution in [2.45, 2.75) is 45.8 Å². The van der Waals surface area contributed by atoms with Crippen molar-refractivity contribution < 1.29 is 9.31 Å². The first-order valence-electron chi connectivity index (χ1n) is 6.94. The molecular weight excluding hydrogens is 251 g/mol. The van der Waals surface area contributed by atoms with Crippen LogP contribution in [0, 0.1) is 6.92 Å². The Balaban J connectivity index is 2.29. The fourth-order valence-corrected chi connectivity index (χ4v) is 2.07. The predicted molar refractivity (Wildman–Crippen MR) is 82.1 cm³/mol. The van der Waals surface area contributed by atoms with Crippen LogP contribution in [-0.2, 0) is 9.31 Å². The first kappa shape index (κ1) is 15.2. The van der Waals surface area contributed by atoms with Crippen LogP contribution in [0.15, 0.2) is 23.8 Å². The van der Waals surface area contributed by atoms with Gasteiger partial charge in [-0.3, -0.25) is 4.98 Å². The quantitative estimate of drug-likeness (QED) is 0.860. The van der Waals surface area contributed by atoms with E-state index >= 15 is 0 Å². The van der Waals surface area contributed by atoms with Crippen molar-refractivity contribution in [2.75, 3.05) is 6.54 Å². The fraction of sp³-hybridized carbons (Fsp3) is 0.533. The number of pyridine rings is 1.